The lowest BCUT2D eigenvalue weighted by molar-refractivity contribution is 0.0786. The number of carbonyl (C=O) groups excluding carboxylic acids is 1. The Bertz CT molecular complexity index is 993. The molecule has 2 heterocycles. The first-order valence-electron chi connectivity index (χ1n) is 10.5. The van der Waals surface area contributed by atoms with E-state index in [0.29, 0.717) is 18.7 Å². The number of rotatable bonds is 7. The number of hydrogen-bond donors (Lipinski definition) is 1. The zero-order valence-corrected chi connectivity index (χ0v) is 17.4. The van der Waals surface area contributed by atoms with Crippen molar-refractivity contribution in [2.75, 3.05) is 31.6 Å². The molecule has 2 aromatic carbocycles. The van der Waals surface area contributed by atoms with Crippen LogP contribution in [0.25, 0.3) is 11.3 Å². The Morgan fingerprint density at radius 3 is 2.50 bits per heavy atom. The molecule has 30 heavy (non-hydrogen) atoms. The molecule has 0 radical (unpaired) electrons. The molecule has 0 saturated carbocycles. The largest absolute Gasteiger partial charge is 0.394 e. The third-order valence-corrected chi connectivity index (χ3v) is 5.62. The van der Waals surface area contributed by atoms with Gasteiger partial charge in [-0.1, -0.05) is 48.5 Å². The van der Waals surface area contributed by atoms with Gasteiger partial charge < -0.3 is 14.9 Å². The topological polar surface area (TPSA) is 61.6 Å². The SMILES string of the molecule is CN(Cc1ccccc1N1CCCC1)C(=O)c1cnn(CCO)c1-c1ccccc1. The van der Waals surface area contributed by atoms with Crippen LogP contribution in [0, 0.1) is 0 Å². The zero-order valence-electron chi connectivity index (χ0n) is 17.4. The summed E-state index contributed by atoms with van der Waals surface area (Å²) >= 11 is 0. The monoisotopic (exact) mass is 404 g/mol. The van der Waals surface area contributed by atoms with Gasteiger partial charge in [0.1, 0.15) is 0 Å². The highest BCUT2D eigenvalue weighted by atomic mass is 16.3. The van der Waals surface area contributed by atoms with Crippen LogP contribution in [-0.4, -0.2) is 52.4 Å². The van der Waals surface area contributed by atoms with Gasteiger partial charge in [-0.2, -0.15) is 5.10 Å². The molecule has 1 aliphatic heterocycles. The number of hydrogen-bond acceptors (Lipinski definition) is 4. The maximum Gasteiger partial charge on any atom is 0.257 e. The Hall–Kier alpha value is -3.12. The third-order valence-electron chi connectivity index (χ3n) is 5.62. The van der Waals surface area contributed by atoms with E-state index in [1.165, 1.54) is 18.5 Å². The molecule has 1 N–H and O–H groups in total. The van der Waals surface area contributed by atoms with Gasteiger partial charge >= 0.3 is 0 Å². The Balaban J connectivity index is 1.61. The van der Waals surface area contributed by atoms with Crippen LogP contribution >= 0.6 is 0 Å². The lowest BCUT2D eigenvalue weighted by atomic mass is 10.1. The summed E-state index contributed by atoms with van der Waals surface area (Å²) in [6.45, 7) is 2.99. The van der Waals surface area contributed by atoms with Crippen LogP contribution in [0.3, 0.4) is 0 Å². The van der Waals surface area contributed by atoms with Gasteiger partial charge in [0.15, 0.2) is 0 Å². The lowest BCUT2D eigenvalue weighted by Gasteiger charge is -2.24. The first kappa shape index (κ1) is 20.2. The van der Waals surface area contributed by atoms with Crippen molar-refractivity contribution in [2.45, 2.75) is 25.9 Å². The molecule has 0 unspecified atom stereocenters. The van der Waals surface area contributed by atoms with Gasteiger partial charge in [0, 0.05) is 37.9 Å². The van der Waals surface area contributed by atoms with Crippen LogP contribution in [0.2, 0.25) is 0 Å². The maximum absolute atomic E-state index is 13.4. The number of carbonyl (C=O) groups is 1. The second-order valence-corrected chi connectivity index (χ2v) is 7.70. The Labute approximate surface area is 177 Å². The van der Waals surface area contributed by atoms with Gasteiger partial charge in [-0.25, -0.2) is 0 Å². The molecule has 0 bridgehead atoms. The summed E-state index contributed by atoms with van der Waals surface area (Å²) < 4.78 is 1.70. The minimum absolute atomic E-state index is 0.0335. The Morgan fingerprint density at radius 1 is 1.07 bits per heavy atom. The minimum Gasteiger partial charge on any atom is -0.394 e. The van der Waals surface area contributed by atoms with Crippen molar-refractivity contribution in [1.29, 1.82) is 0 Å². The van der Waals surface area contributed by atoms with E-state index in [4.69, 9.17) is 0 Å². The summed E-state index contributed by atoms with van der Waals surface area (Å²) in [6.07, 6.45) is 4.05. The number of para-hydroxylation sites is 1. The molecule has 4 rings (SSSR count). The van der Waals surface area contributed by atoms with Crippen LogP contribution in [0.5, 0.6) is 0 Å². The van der Waals surface area contributed by atoms with Gasteiger partial charge in [-0.15, -0.1) is 0 Å². The second-order valence-electron chi connectivity index (χ2n) is 7.70. The van der Waals surface area contributed by atoms with Gasteiger partial charge in [0.2, 0.25) is 0 Å². The van der Waals surface area contributed by atoms with E-state index in [-0.39, 0.29) is 12.5 Å². The molecule has 0 spiro atoms. The van der Waals surface area contributed by atoms with Gasteiger partial charge in [0.05, 0.1) is 30.6 Å². The van der Waals surface area contributed by atoms with E-state index in [1.54, 1.807) is 15.8 Å². The highest BCUT2D eigenvalue weighted by molar-refractivity contribution is 5.99. The summed E-state index contributed by atoms with van der Waals surface area (Å²) in [5.41, 5.74) is 4.58. The highest BCUT2D eigenvalue weighted by Gasteiger charge is 2.23. The van der Waals surface area contributed by atoms with Gasteiger partial charge in [0.25, 0.3) is 5.91 Å². The molecule has 0 atom stereocenters. The molecule has 1 amide bonds. The normalized spacial score (nSPS) is 13.6. The average Bonchev–Trinajstić information content (AvgIpc) is 3.45. The lowest BCUT2D eigenvalue weighted by Crippen LogP contribution is -2.28. The van der Waals surface area contributed by atoms with Crippen molar-refractivity contribution < 1.29 is 9.90 Å². The molecule has 1 fully saturated rings. The van der Waals surface area contributed by atoms with Gasteiger partial charge in [-0.05, 0) is 24.5 Å². The van der Waals surface area contributed by atoms with Crippen molar-refractivity contribution in [3.05, 3.63) is 71.9 Å². The summed E-state index contributed by atoms with van der Waals surface area (Å²) in [5.74, 6) is -0.0748. The first-order chi connectivity index (χ1) is 14.7. The summed E-state index contributed by atoms with van der Waals surface area (Å²) in [7, 11) is 1.83. The maximum atomic E-state index is 13.4. The third kappa shape index (κ3) is 4.09. The molecular formula is C24H28N4O2. The molecule has 6 heteroatoms. The van der Waals surface area contributed by atoms with Crippen LogP contribution in [0.1, 0.15) is 28.8 Å². The van der Waals surface area contributed by atoms with Crippen molar-refractivity contribution in [3.63, 3.8) is 0 Å². The molecule has 6 nitrogen and oxygen atoms in total. The molecule has 156 valence electrons. The summed E-state index contributed by atoms with van der Waals surface area (Å²) in [5, 5.41) is 13.8. The first-order valence-corrected chi connectivity index (χ1v) is 10.5. The second kappa shape index (κ2) is 9.13. The smallest absolute Gasteiger partial charge is 0.257 e. The molecule has 1 saturated heterocycles. The number of amides is 1. The summed E-state index contributed by atoms with van der Waals surface area (Å²) in [6, 6.07) is 18.1. The fourth-order valence-electron chi connectivity index (χ4n) is 4.15. The molecular weight excluding hydrogens is 376 g/mol. The molecule has 1 aromatic heterocycles. The summed E-state index contributed by atoms with van der Waals surface area (Å²) in [4.78, 5) is 17.5. The number of aliphatic hydroxyl groups is 1. The van der Waals surface area contributed by atoms with Crippen molar-refractivity contribution in [2.24, 2.45) is 0 Å². The van der Waals surface area contributed by atoms with E-state index in [0.717, 1.165) is 29.9 Å². The molecule has 3 aromatic rings. The van der Waals surface area contributed by atoms with Crippen molar-refractivity contribution in [3.8, 4) is 11.3 Å². The fraction of sp³-hybridized carbons (Fsp3) is 0.333. The van der Waals surface area contributed by atoms with Crippen molar-refractivity contribution in [1.82, 2.24) is 14.7 Å². The van der Waals surface area contributed by atoms with E-state index >= 15 is 0 Å². The van der Waals surface area contributed by atoms with Crippen LogP contribution in [0.4, 0.5) is 5.69 Å². The van der Waals surface area contributed by atoms with Crippen LogP contribution in [-0.2, 0) is 13.1 Å². The number of aromatic nitrogens is 2. The Morgan fingerprint density at radius 2 is 1.77 bits per heavy atom. The fourth-order valence-corrected chi connectivity index (χ4v) is 4.15. The van der Waals surface area contributed by atoms with E-state index in [9.17, 15) is 9.90 Å². The Kier molecular flexibility index (Phi) is 6.14. The van der Waals surface area contributed by atoms with E-state index in [1.807, 2.05) is 43.4 Å². The molecule has 0 aliphatic carbocycles. The predicted octanol–water partition coefficient (Wildman–Crippen LogP) is 3.41. The molecule has 1 aliphatic rings. The zero-order chi connectivity index (χ0) is 20.9. The van der Waals surface area contributed by atoms with E-state index in [2.05, 4.69) is 28.2 Å². The number of nitrogens with zero attached hydrogens (tertiary/aromatic N) is 4. The quantitative estimate of drug-likeness (QED) is 0.656. The average molecular weight is 405 g/mol. The minimum atomic E-state index is -0.0748. The van der Waals surface area contributed by atoms with Crippen molar-refractivity contribution >= 4 is 11.6 Å². The predicted molar refractivity (Wildman–Crippen MR) is 118 cm³/mol. The van der Waals surface area contributed by atoms with Crippen LogP contribution < -0.4 is 4.90 Å². The number of benzene rings is 2. The van der Waals surface area contributed by atoms with Gasteiger partial charge in [-0.3, -0.25) is 9.48 Å². The van der Waals surface area contributed by atoms with E-state index < -0.39 is 0 Å². The van der Waals surface area contributed by atoms with Crippen LogP contribution in [0.15, 0.2) is 60.8 Å². The number of anilines is 1. The highest BCUT2D eigenvalue weighted by Crippen LogP contribution is 2.28. The standard InChI is InChI=1S/C24H28N4O2/c1-26(18-20-11-5-6-12-22(20)27-13-7-8-14-27)24(30)21-17-25-28(15-16-29)23(21)19-9-3-2-4-10-19/h2-6,9-12,17,29H,7-8,13-16,18H2,1H3. The number of aliphatic hydroxyl groups excluding tert-OH is 1.